The third-order valence-electron chi connectivity index (χ3n) is 8.66. The predicted octanol–water partition coefficient (Wildman–Crippen LogP) is 9.26. The van der Waals surface area contributed by atoms with Gasteiger partial charge in [0.1, 0.15) is 12.9 Å². The molecular formula is C39H44NO2PSi. The first-order chi connectivity index (χ1) is 21.2. The normalized spacial score (nSPS) is 14.1. The Kier molecular flexibility index (Phi) is 10.1. The number of hydrogen-bond donors (Lipinski definition) is 0. The molecule has 0 aliphatic carbocycles. The second-order valence-corrected chi connectivity index (χ2v) is 21.3. The summed E-state index contributed by atoms with van der Waals surface area (Å²) in [5.41, 5.74) is 3.63. The zero-order valence-corrected chi connectivity index (χ0v) is 28.4. The lowest BCUT2D eigenvalue weighted by Crippen LogP contribution is -2.52. The van der Waals surface area contributed by atoms with Crippen LogP contribution in [0.4, 0.5) is 0 Å². The quantitative estimate of drug-likeness (QED) is 0.103. The van der Waals surface area contributed by atoms with Gasteiger partial charge in [-0.25, -0.2) is 0 Å². The number of rotatable bonds is 12. The van der Waals surface area contributed by atoms with Gasteiger partial charge in [0.15, 0.2) is 0 Å². The highest BCUT2D eigenvalue weighted by Crippen LogP contribution is 2.58. The molecule has 0 fully saturated rings. The van der Waals surface area contributed by atoms with Crippen LogP contribution in [0, 0.1) is 0 Å². The highest BCUT2D eigenvalue weighted by atomic mass is 31.2. The van der Waals surface area contributed by atoms with Crippen molar-refractivity contribution >= 4 is 25.8 Å². The van der Waals surface area contributed by atoms with E-state index in [2.05, 4.69) is 129 Å². The van der Waals surface area contributed by atoms with E-state index in [9.17, 15) is 0 Å². The van der Waals surface area contributed by atoms with Crippen molar-refractivity contribution in [2.24, 2.45) is 0 Å². The average Bonchev–Trinajstić information content (AvgIpc) is 3.07. The summed E-state index contributed by atoms with van der Waals surface area (Å²) in [7, 11) is -3.71. The van der Waals surface area contributed by atoms with Crippen LogP contribution in [-0.2, 0) is 11.1 Å². The highest BCUT2D eigenvalue weighted by Gasteiger charge is 2.51. The van der Waals surface area contributed by atoms with E-state index in [0.717, 1.165) is 28.5 Å². The molecule has 0 unspecified atom stereocenters. The fourth-order valence-electron chi connectivity index (χ4n) is 6.54. The van der Waals surface area contributed by atoms with E-state index in [4.69, 9.17) is 4.74 Å². The van der Waals surface area contributed by atoms with E-state index in [-0.39, 0.29) is 17.4 Å². The minimum atomic E-state index is -3.20. The second-order valence-electron chi connectivity index (χ2n) is 12.6. The monoisotopic (exact) mass is 617 g/mol. The standard InChI is InChI=1S/C39H44NO2PSi/c1-31(33-20-12-7-13-21-33)40(30-32-18-10-6-11-19-32)38(34-26-28-35(42-2)29-27-34)39(44(3,4)5)43(41,36-22-14-8-15-23-36)37-24-16-9-17-25-37/h6-29,31,38-39H,30H2,1-5H3/t31-,38-,39-/m1/s1. The minimum Gasteiger partial charge on any atom is -0.497 e. The zero-order valence-electron chi connectivity index (χ0n) is 26.5. The Hall–Kier alpha value is -3.69. The Morgan fingerprint density at radius 2 is 1.09 bits per heavy atom. The Morgan fingerprint density at radius 1 is 0.636 bits per heavy atom. The van der Waals surface area contributed by atoms with Crippen molar-refractivity contribution in [3.05, 3.63) is 162 Å². The van der Waals surface area contributed by atoms with Crippen molar-refractivity contribution < 1.29 is 9.30 Å². The molecule has 0 aliphatic rings. The molecule has 0 spiro atoms. The SMILES string of the molecule is COc1ccc([C@H]([C@@H]([Si](C)(C)C)P(=O)(c2ccccc2)c2ccccc2)N(Cc2ccccc2)[C@H](C)c2ccccc2)cc1. The number of hydrogen-bond acceptors (Lipinski definition) is 3. The van der Waals surface area contributed by atoms with Crippen molar-refractivity contribution in [1.29, 1.82) is 0 Å². The van der Waals surface area contributed by atoms with Gasteiger partial charge in [-0.3, -0.25) is 4.90 Å². The summed E-state index contributed by atoms with van der Waals surface area (Å²) in [6.45, 7) is 10.2. The maximum atomic E-state index is 16.4. The van der Waals surface area contributed by atoms with E-state index in [1.807, 2.05) is 48.5 Å². The molecule has 3 atom stereocenters. The van der Waals surface area contributed by atoms with Gasteiger partial charge in [-0.1, -0.05) is 153 Å². The van der Waals surface area contributed by atoms with Gasteiger partial charge in [0.05, 0.1) is 15.2 Å². The largest absolute Gasteiger partial charge is 0.497 e. The molecule has 0 amide bonds. The van der Waals surface area contributed by atoms with Crippen LogP contribution in [0.2, 0.25) is 19.6 Å². The molecule has 3 nitrogen and oxygen atoms in total. The van der Waals surface area contributed by atoms with Gasteiger partial charge in [0.25, 0.3) is 0 Å². The first-order valence-corrected chi connectivity index (χ1v) is 20.8. The Morgan fingerprint density at radius 3 is 1.55 bits per heavy atom. The molecule has 0 saturated carbocycles. The maximum Gasteiger partial charge on any atom is 0.145 e. The summed E-state index contributed by atoms with van der Waals surface area (Å²) in [6.07, 6.45) is 0. The molecular weight excluding hydrogens is 573 g/mol. The third kappa shape index (κ3) is 6.84. The number of benzene rings is 5. The zero-order chi connectivity index (χ0) is 31.2. The second kappa shape index (κ2) is 13.9. The van der Waals surface area contributed by atoms with Gasteiger partial charge in [0.2, 0.25) is 0 Å². The first-order valence-electron chi connectivity index (χ1n) is 15.4. The molecule has 5 aromatic carbocycles. The Bertz CT molecular complexity index is 1600. The van der Waals surface area contributed by atoms with Crippen LogP contribution in [0.1, 0.15) is 35.7 Å². The van der Waals surface area contributed by atoms with Crippen LogP contribution in [0.25, 0.3) is 0 Å². The lowest BCUT2D eigenvalue weighted by Gasteiger charge is -2.48. The molecule has 0 N–H and O–H groups in total. The minimum absolute atomic E-state index is 0.0577. The van der Waals surface area contributed by atoms with Crippen molar-refractivity contribution in [3.63, 3.8) is 0 Å². The van der Waals surface area contributed by atoms with Crippen LogP contribution in [0.3, 0.4) is 0 Å². The van der Waals surface area contributed by atoms with Crippen LogP contribution < -0.4 is 15.3 Å². The van der Waals surface area contributed by atoms with Gasteiger partial charge in [-0.05, 0) is 35.7 Å². The summed E-state index contributed by atoms with van der Waals surface area (Å²) in [5.74, 6) is 0.817. The number of methoxy groups -OCH3 is 1. The summed E-state index contributed by atoms with van der Waals surface area (Å²) in [5, 5.41) is 1.70. The van der Waals surface area contributed by atoms with E-state index in [0.29, 0.717) is 0 Å². The van der Waals surface area contributed by atoms with E-state index >= 15 is 4.57 Å². The Labute approximate surface area is 264 Å². The lowest BCUT2D eigenvalue weighted by molar-refractivity contribution is 0.139. The van der Waals surface area contributed by atoms with Crippen molar-refractivity contribution in [2.75, 3.05) is 7.11 Å². The van der Waals surface area contributed by atoms with Crippen LogP contribution in [-0.4, -0.2) is 25.4 Å². The summed E-state index contributed by atoms with van der Waals surface area (Å²) < 4.78 is 22.0. The maximum absolute atomic E-state index is 16.4. The molecule has 5 heteroatoms. The molecule has 0 heterocycles. The summed E-state index contributed by atoms with van der Waals surface area (Å²) in [4.78, 5) is 2.61. The first kappa shape index (κ1) is 31.7. The average molecular weight is 618 g/mol. The Balaban J connectivity index is 1.83. The summed E-state index contributed by atoms with van der Waals surface area (Å²) in [6, 6.07) is 50.3. The van der Waals surface area contributed by atoms with E-state index < -0.39 is 15.2 Å². The van der Waals surface area contributed by atoms with Gasteiger partial charge >= 0.3 is 0 Å². The van der Waals surface area contributed by atoms with Crippen molar-refractivity contribution in [2.45, 2.75) is 50.5 Å². The molecule has 5 aromatic rings. The topological polar surface area (TPSA) is 29.5 Å². The molecule has 0 radical (unpaired) electrons. The lowest BCUT2D eigenvalue weighted by atomic mass is 9.99. The van der Waals surface area contributed by atoms with E-state index in [1.54, 1.807) is 7.11 Å². The molecule has 5 rings (SSSR count). The summed E-state index contributed by atoms with van der Waals surface area (Å²) >= 11 is 0. The fourth-order valence-corrected chi connectivity index (χ4v) is 16.0. The van der Waals surface area contributed by atoms with Gasteiger partial charge in [0, 0.05) is 34.5 Å². The van der Waals surface area contributed by atoms with Crippen LogP contribution >= 0.6 is 7.14 Å². The molecule has 226 valence electrons. The smallest absolute Gasteiger partial charge is 0.145 e. The molecule has 0 saturated heterocycles. The molecule has 0 aromatic heterocycles. The van der Waals surface area contributed by atoms with E-state index in [1.165, 1.54) is 11.1 Å². The third-order valence-corrected chi connectivity index (χ3v) is 17.4. The van der Waals surface area contributed by atoms with Gasteiger partial charge < -0.3 is 9.30 Å². The van der Waals surface area contributed by atoms with Crippen molar-refractivity contribution in [1.82, 2.24) is 4.90 Å². The van der Waals surface area contributed by atoms with Gasteiger partial charge in [-0.2, -0.15) is 0 Å². The molecule has 0 bridgehead atoms. The highest BCUT2D eigenvalue weighted by molar-refractivity contribution is 7.81. The molecule has 0 aliphatic heterocycles. The fraction of sp³-hybridized carbons (Fsp3) is 0.231. The van der Waals surface area contributed by atoms with Crippen LogP contribution in [0.15, 0.2) is 146 Å². The molecule has 44 heavy (non-hydrogen) atoms. The van der Waals surface area contributed by atoms with Gasteiger partial charge in [-0.15, -0.1) is 0 Å². The number of ether oxygens (including phenoxy) is 1. The van der Waals surface area contributed by atoms with Crippen LogP contribution in [0.5, 0.6) is 5.75 Å². The van der Waals surface area contributed by atoms with Crippen molar-refractivity contribution in [3.8, 4) is 5.75 Å². The number of nitrogens with zero attached hydrogens (tertiary/aromatic N) is 1. The predicted molar refractivity (Wildman–Crippen MR) is 189 cm³/mol.